The molecule has 0 unspecified atom stereocenters. The molecular weight excluding hydrogens is 488 g/mol. The molecular formula is C26H22CuN8. The molecule has 0 saturated heterocycles. The van der Waals surface area contributed by atoms with Crippen molar-refractivity contribution in [2.45, 2.75) is 0 Å². The minimum absolute atomic E-state index is 0. The van der Waals surface area contributed by atoms with Crippen LogP contribution >= 0.6 is 0 Å². The number of nitrogens with one attached hydrogen (secondary N) is 6. The zero-order valence-corrected chi connectivity index (χ0v) is 19.3. The van der Waals surface area contributed by atoms with E-state index < -0.39 is 0 Å². The van der Waals surface area contributed by atoms with E-state index in [1.165, 1.54) is 0 Å². The van der Waals surface area contributed by atoms with Crippen molar-refractivity contribution < 1.29 is 17.1 Å². The number of hydrogen-bond donors (Lipinski definition) is 8. The first-order chi connectivity index (χ1) is 16.5. The smallest absolute Gasteiger partial charge is 0.101 e. The Kier molecular flexibility index (Phi) is 5.36. The van der Waals surface area contributed by atoms with E-state index in [9.17, 15) is 0 Å². The van der Waals surface area contributed by atoms with E-state index in [2.05, 4.69) is 19.9 Å². The summed E-state index contributed by atoms with van der Waals surface area (Å²) in [4.78, 5) is 13.2. The number of nitrogen functional groups attached to an aromatic ring is 2. The van der Waals surface area contributed by atoms with Crippen LogP contribution in [-0.4, -0.2) is 19.9 Å². The summed E-state index contributed by atoms with van der Waals surface area (Å²) >= 11 is 0. The van der Waals surface area contributed by atoms with Crippen LogP contribution in [-0.2, 0) is 17.1 Å². The normalized spacial score (nSPS) is 11.1. The zero-order valence-electron chi connectivity index (χ0n) is 18.4. The fourth-order valence-corrected chi connectivity index (χ4v) is 4.32. The molecule has 1 radical (unpaired) electrons. The Balaban J connectivity index is 0.00000253. The predicted molar refractivity (Wildman–Crippen MR) is 137 cm³/mol. The average molecular weight is 510 g/mol. The molecule has 0 saturated carbocycles. The molecule has 8 bridgehead atoms. The number of aromatic amines is 4. The zero-order chi connectivity index (χ0) is 23.4. The fraction of sp³-hybridized carbons (Fsp3) is 0. The number of H-pyrrole nitrogens is 4. The van der Waals surface area contributed by atoms with Crippen LogP contribution in [0.1, 0.15) is 0 Å². The van der Waals surface area contributed by atoms with Gasteiger partial charge in [0.2, 0.25) is 0 Å². The first-order valence-corrected chi connectivity index (χ1v) is 10.8. The van der Waals surface area contributed by atoms with Gasteiger partial charge in [0.25, 0.3) is 0 Å². The van der Waals surface area contributed by atoms with E-state index >= 15 is 0 Å². The van der Waals surface area contributed by atoms with Crippen molar-refractivity contribution in [3.8, 4) is 11.1 Å². The van der Waals surface area contributed by atoms with Crippen molar-refractivity contribution in [3.63, 3.8) is 0 Å². The monoisotopic (exact) mass is 509 g/mol. The molecule has 9 heteroatoms. The summed E-state index contributed by atoms with van der Waals surface area (Å²) in [7, 11) is 0. The van der Waals surface area contributed by atoms with E-state index in [1.54, 1.807) is 0 Å². The molecule has 6 rings (SSSR count). The Morgan fingerprint density at radius 2 is 1.17 bits per heavy atom. The number of rotatable bonds is 1. The van der Waals surface area contributed by atoms with Crippen LogP contribution in [0.15, 0.2) is 72.8 Å². The summed E-state index contributed by atoms with van der Waals surface area (Å²) in [6.07, 6.45) is 0. The van der Waals surface area contributed by atoms with Gasteiger partial charge in [0.1, 0.15) is 10.7 Å². The van der Waals surface area contributed by atoms with Crippen molar-refractivity contribution in [1.29, 1.82) is 10.8 Å². The number of anilines is 2. The fourth-order valence-electron chi connectivity index (χ4n) is 4.32. The van der Waals surface area contributed by atoms with Gasteiger partial charge in [0, 0.05) is 39.4 Å². The molecule has 177 valence electrons. The van der Waals surface area contributed by atoms with Crippen molar-refractivity contribution >= 4 is 55.5 Å². The summed E-state index contributed by atoms with van der Waals surface area (Å²) in [5.74, 6) is 0. The number of nitrogens with two attached hydrogens (primary N) is 2. The molecule has 6 aromatic rings. The first kappa shape index (κ1) is 22.3. The Bertz CT molecular complexity index is 1940. The van der Waals surface area contributed by atoms with Gasteiger partial charge in [0.05, 0.1) is 38.8 Å². The maximum Gasteiger partial charge on any atom is 0.101 e. The molecule has 0 aliphatic rings. The summed E-state index contributed by atoms with van der Waals surface area (Å²) < 4.78 is 0. The molecule has 0 fully saturated rings. The Hall–Kier alpha value is -4.46. The third kappa shape index (κ3) is 3.82. The molecule has 0 spiro atoms. The van der Waals surface area contributed by atoms with Crippen molar-refractivity contribution in [3.05, 3.63) is 83.5 Å². The first-order valence-electron chi connectivity index (χ1n) is 10.8. The minimum atomic E-state index is 0. The van der Waals surface area contributed by atoms with Crippen LogP contribution in [0.2, 0.25) is 0 Å². The van der Waals surface area contributed by atoms with E-state index in [-0.39, 0.29) is 22.4 Å². The van der Waals surface area contributed by atoms with Gasteiger partial charge in [-0.1, -0.05) is 12.1 Å². The number of aromatic nitrogens is 4. The molecule has 0 aliphatic carbocycles. The van der Waals surface area contributed by atoms with Crippen LogP contribution in [0.4, 0.5) is 11.4 Å². The van der Waals surface area contributed by atoms with Gasteiger partial charge >= 0.3 is 0 Å². The second kappa shape index (κ2) is 8.39. The van der Waals surface area contributed by atoms with E-state index in [0.29, 0.717) is 44.3 Å². The van der Waals surface area contributed by atoms with Crippen LogP contribution in [0.25, 0.3) is 55.3 Å². The van der Waals surface area contributed by atoms with Gasteiger partial charge in [-0.2, -0.15) is 0 Å². The van der Waals surface area contributed by atoms with Gasteiger partial charge in [0.15, 0.2) is 0 Å². The Labute approximate surface area is 209 Å². The third-order valence-electron chi connectivity index (χ3n) is 6.06. The predicted octanol–water partition coefficient (Wildman–Crippen LogP) is 4.52. The topological polar surface area (TPSA) is 163 Å². The summed E-state index contributed by atoms with van der Waals surface area (Å²) in [6.45, 7) is 0. The van der Waals surface area contributed by atoms with Gasteiger partial charge in [-0.25, -0.2) is 0 Å². The van der Waals surface area contributed by atoms with Gasteiger partial charge < -0.3 is 31.4 Å². The summed E-state index contributed by atoms with van der Waals surface area (Å²) in [6, 6.07) is 22.8. The summed E-state index contributed by atoms with van der Waals surface area (Å²) in [5.41, 5.74) is 21.5. The largest absolute Gasteiger partial charge is 0.399 e. The summed E-state index contributed by atoms with van der Waals surface area (Å²) in [5, 5.41) is 17.9. The molecule has 5 heterocycles. The van der Waals surface area contributed by atoms with Crippen LogP contribution in [0, 0.1) is 10.8 Å². The minimum Gasteiger partial charge on any atom is -0.399 e. The maximum absolute atomic E-state index is 8.65. The maximum atomic E-state index is 8.65. The standard InChI is InChI=1S/C26H22N8.Cu/c27-14-3-1-2-13(10-14)17-12-16-11-15-4-5-18(31-15)23(28)19-6-7-20(33-19)24(29)21-8-9-22(34-21)25(30)26(17)32-16;/h1-12,28-29,31-34H,27,30H2;. The Morgan fingerprint density at radius 1 is 0.571 bits per heavy atom. The van der Waals surface area contributed by atoms with Crippen LogP contribution < -0.4 is 22.2 Å². The van der Waals surface area contributed by atoms with E-state index in [1.807, 2.05) is 72.8 Å². The van der Waals surface area contributed by atoms with Crippen LogP contribution in [0.5, 0.6) is 0 Å². The number of fused-ring (bicyclic) bond motifs is 8. The molecule has 5 aromatic heterocycles. The Morgan fingerprint density at radius 3 is 1.86 bits per heavy atom. The van der Waals surface area contributed by atoms with Crippen LogP contribution in [0.3, 0.4) is 0 Å². The second-order valence-electron chi connectivity index (χ2n) is 8.35. The average Bonchev–Trinajstić information content (AvgIpc) is 3.64. The van der Waals surface area contributed by atoms with Gasteiger partial charge in [-0.05, 0) is 66.2 Å². The number of benzene rings is 1. The van der Waals surface area contributed by atoms with Crippen molar-refractivity contribution in [2.24, 2.45) is 0 Å². The number of hydrogen-bond acceptors (Lipinski definition) is 4. The molecule has 0 amide bonds. The quantitative estimate of drug-likeness (QED) is 0.121. The molecule has 8 nitrogen and oxygen atoms in total. The second-order valence-corrected chi connectivity index (χ2v) is 8.35. The molecule has 1 aromatic carbocycles. The molecule has 0 atom stereocenters. The molecule has 10 N–H and O–H groups in total. The van der Waals surface area contributed by atoms with E-state index in [4.69, 9.17) is 22.3 Å². The van der Waals surface area contributed by atoms with Gasteiger partial charge in [-0.15, -0.1) is 0 Å². The van der Waals surface area contributed by atoms with Crippen molar-refractivity contribution in [1.82, 2.24) is 19.9 Å². The van der Waals surface area contributed by atoms with E-state index in [0.717, 1.165) is 27.7 Å². The third-order valence-corrected chi connectivity index (χ3v) is 6.06. The molecule has 0 aliphatic heterocycles. The van der Waals surface area contributed by atoms with Gasteiger partial charge in [-0.3, -0.25) is 10.8 Å². The SMILES string of the molecule is N=c1c2ccc(cc3cc(-c4cccc(N)c4)c([nH]3)c(N)c3ccc([nH]3)c(=N)c3ccc1[nH]3)[nH]2.[Cu]. The van der Waals surface area contributed by atoms with Crippen molar-refractivity contribution in [2.75, 3.05) is 11.5 Å². The molecule has 35 heavy (non-hydrogen) atoms.